The van der Waals surface area contributed by atoms with E-state index in [0.29, 0.717) is 32.4 Å². The highest BCUT2D eigenvalue weighted by Crippen LogP contribution is 2.38. The first-order valence-corrected chi connectivity index (χ1v) is 9.06. The van der Waals surface area contributed by atoms with E-state index in [1.165, 1.54) is 0 Å². The van der Waals surface area contributed by atoms with Gasteiger partial charge in [0.05, 0.1) is 0 Å². The predicted molar refractivity (Wildman–Crippen MR) is 89.1 cm³/mol. The molecule has 2 saturated heterocycles. The van der Waals surface area contributed by atoms with Crippen LogP contribution in [-0.2, 0) is 14.4 Å². The van der Waals surface area contributed by atoms with Crippen LogP contribution in [-0.4, -0.2) is 58.7 Å². The summed E-state index contributed by atoms with van der Waals surface area (Å²) < 4.78 is 0. The lowest BCUT2D eigenvalue weighted by Gasteiger charge is -2.37. The maximum atomic E-state index is 12.9. The van der Waals surface area contributed by atoms with E-state index in [9.17, 15) is 19.2 Å². The molecular formula is C17H26N4O4. The lowest BCUT2D eigenvalue weighted by molar-refractivity contribution is -0.141. The van der Waals surface area contributed by atoms with Gasteiger partial charge in [-0.3, -0.25) is 19.3 Å². The third-order valence-electron chi connectivity index (χ3n) is 6.04. The Morgan fingerprint density at radius 2 is 1.88 bits per heavy atom. The van der Waals surface area contributed by atoms with Crippen molar-refractivity contribution in [3.63, 3.8) is 0 Å². The zero-order valence-electron chi connectivity index (χ0n) is 14.6. The van der Waals surface area contributed by atoms with Gasteiger partial charge in [-0.1, -0.05) is 19.8 Å². The molecule has 0 radical (unpaired) electrons. The number of urea groups is 1. The van der Waals surface area contributed by atoms with E-state index in [4.69, 9.17) is 5.73 Å². The van der Waals surface area contributed by atoms with Crippen molar-refractivity contribution in [3.05, 3.63) is 0 Å². The minimum Gasteiger partial charge on any atom is -0.369 e. The number of nitrogens with two attached hydrogens (primary N) is 1. The molecule has 25 heavy (non-hydrogen) atoms. The second-order valence-corrected chi connectivity index (χ2v) is 7.50. The molecule has 0 aromatic heterocycles. The van der Waals surface area contributed by atoms with Crippen molar-refractivity contribution < 1.29 is 19.2 Å². The molecule has 1 spiro atoms. The lowest BCUT2D eigenvalue weighted by atomic mass is 9.73. The highest BCUT2D eigenvalue weighted by molar-refractivity contribution is 6.09. The van der Waals surface area contributed by atoms with Gasteiger partial charge in [0, 0.05) is 19.0 Å². The number of primary amides is 1. The smallest absolute Gasteiger partial charge is 0.325 e. The fraction of sp³-hybridized carbons (Fsp3) is 0.765. The third kappa shape index (κ3) is 3.09. The molecule has 0 aromatic carbocycles. The number of piperidine rings is 1. The zero-order chi connectivity index (χ0) is 18.2. The third-order valence-corrected chi connectivity index (χ3v) is 6.04. The van der Waals surface area contributed by atoms with Crippen molar-refractivity contribution in [2.45, 2.75) is 51.0 Å². The molecule has 5 amide bonds. The van der Waals surface area contributed by atoms with Crippen LogP contribution < -0.4 is 11.1 Å². The van der Waals surface area contributed by atoms with Crippen LogP contribution in [0.2, 0.25) is 0 Å². The van der Waals surface area contributed by atoms with Gasteiger partial charge in [0.2, 0.25) is 11.8 Å². The maximum Gasteiger partial charge on any atom is 0.325 e. The van der Waals surface area contributed by atoms with Crippen molar-refractivity contribution in [1.29, 1.82) is 0 Å². The van der Waals surface area contributed by atoms with E-state index in [1.54, 1.807) is 4.90 Å². The molecule has 3 fully saturated rings. The van der Waals surface area contributed by atoms with Gasteiger partial charge in [-0.15, -0.1) is 0 Å². The highest BCUT2D eigenvalue weighted by atomic mass is 16.2. The average molecular weight is 350 g/mol. The largest absolute Gasteiger partial charge is 0.369 e. The molecule has 3 aliphatic rings. The Labute approximate surface area is 147 Å². The zero-order valence-corrected chi connectivity index (χ0v) is 14.6. The second kappa shape index (κ2) is 6.65. The summed E-state index contributed by atoms with van der Waals surface area (Å²) in [5.74, 6) is -0.998. The topological polar surface area (TPSA) is 113 Å². The molecule has 8 nitrogen and oxygen atoms in total. The van der Waals surface area contributed by atoms with E-state index < -0.39 is 11.6 Å². The van der Waals surface area contributed by atoms with Crippen molar-refractivity contribution >= 4 is 23.8 Å². The van der Waals surface area contributed by atoms with Crippen molar-refractivity contribution in [1.82, 2.24) is 15.1 Å². The van der Waals surface area contributed by atoms with Crippen LogP contribution in [0.1, 0.15) is 45.4 Å². The SMILES string of the molecule is C[C@H]1CCCC[C@]12NC(=O)N(CC(=O)N1CCC(C(N)=O)CC1)C2=O. The first-order valence-electron chi connectivity index (χ1n) is 9.06. The Balaban J connectivity index is 1.63. The summed E-state index contributed by atoms with van der Waals surface area (Å²) >= 11 is 0. The van der Waals surface area contributed by atoms with E-state index in [-0.39, 0.29) is 36.1 Å². The van der Waals surface area contributed by atoms with Crippen molar-refractivity contribution in [2.24, 2.45) is 17.6 Å². The van der Waals surface area contributed by atoms with Crippen LogP contribution in [0.4, 0.5) is 4.79 Å². The molecule has 2 aliphatic heterocycles. The van der Waals surface area contributed by atoms with Gasteiger partial charge in [0.15, 0.2) is 0 Å². The average Bonchev–Trinajstić information content (AvgIpc) is 2.82. The van der Waals surface area contributed by atoms with Gasteiger partial charge in [0.1, 0.15) is 12.1 Å². The molecule has 1 saturated carbocycles. The molecule has 3 rings (SSSR count). The first kappa shape index (κ1) is 17.7. The van der Waals surface area contributed by atoms with Crippen LogP contribution in [0.5, 0.6) is 0 Å². The van der Waals surface area contributed by atoms with Crippen molar-refractivity contribution in [2.75, 3.05) is 19.6 Å². The Morgan fingerprint density at radius 3 is 2.48 bits per heavy atom. The standard InChI is InChI=1S/C17H26N4O4/c1-11-4-2-3-7-17(11)15(24)21(16(25)19-17)10-13(22)20-8-5-12(6-9-20)14(18)23/h11-12H,2-10H2,1H3,(H2,18,23)(H,19,25)/t11-,17-/m0/s1. The number of nitrogens with zero attached hydrogens (tertiary/aromatic N) is 2. The maximum absolute atomic E-state index is 12.9. The van der Waals surface area contributed by atoms with Crippen molar-refractivity contribution in [3.8, 4) is 0 Å². The van der Waals surface area contributed by atoms with Crippen LogP contribution >= 0.6 is 0 Å². The lowest BCUT2D eigenvalue weighted by Crippen LogP contribution is -2.54. The fourth-order valence-corrected chi connectivity index (χ4v) is 4.29. The normalized spacial score (nSPS) is 30.7. The van der Waals surface area contributed by atoms with Gasteiger partial charge in [-0.25, -0.2) is 4.79 Å². The van der Waals surface area contributed by atoms with Gasteiger partial charge in [0.25, 0.3) is 5.91 Å². The van der Waals surface area contributed by atoms with E-state index in [0.717, 1.165) is 24.2 Å². The minimum absolute atomic E-state index is 0.0733. The summed E-state index contributed by atoms with van der Waals surface area (Å²) in [4.78, 5) is 51.6. The van der Waals surface area contributed by atoms with Gasteiger partial charge in [-0.05, 0) is 31.6 Å². The summed E-state index contributed by atoms with van der Waals surface area (Å²) in [6, 6.07) is -0.473. The molecule has 0 aromatic rings. The molecule has 3 N–H and O–H groups in total. The fourth-order valence-electron chi connectivity index (χ4n) is 4.29. The number of imide groups is 1. The Kier molecular flexibility index (Phi) is 4.71. The molecule has 138 valence electrons. The first-order chi connectivity index (χ1) is 11.8. The van der Waals surface area contributed by atoms with Gasteiger partial charge >= 0.3 is 6.03 Å². The minimum atomic E-state index is -0.839. The molecular weight excluding hydrogens is 324 g/mol. The Hall–Kier alpha value is -2.12. The van der Waals surface area contributed by atoms with E-state index >= 15 is 0 Å². The summed E-state index contributed by atoms with van der Waals surface area (Å²) in [6.45, 7) is 2.60. The number of amides is 5. The summed E-state index contributed by atoms with van der Waals surface area (Å²) in [7, 11) is 0. The molecule has 0 unspecified atom stereocenters. The number of likely N-dealkylation sites (tertiary alicyclic amines) is 1. The Bertz CT molecular complexity index is 599. The quantitative estimate of drug-likeness (QED) is 0.708. The molecule has 2 atom stereocenters. The van der Waals surface area contributed by atoms with Crippen LogP contribution in [0.15, 0.2) is 0 Å². The van der Waals surface area contributed by atoms with Crippen LogP contribution in [0.25, 0.3) is 0 Å². The summed E-state index contributed by atoms with van der Waals surface area (Å²) in [5, 5.41) is 2.85. The monoisotopic (exact) mass is 350 g/mol. The second-order valence-electron chi connectivity index (χ2n) is 7.50. The molecule has 2 heterocycles. The number of hydrogen-bond acceptors (Lipinski definition) is 4. The molecule has 0 bridgehead atoms. The van der Waals surface area contributed by atoms with Gasteiger partial charge < -0.3 is 16.0 Å². The van der Waals surface area contributed by atoms with E-state index in [2.05, 4.69) is 5.32 Å². The summed E-state index contributed by atoms with van der Waals surface area (Å²) in [5.41, 5.74) is 4.46. The van der Waals surface area contributed by atoms with Gasteiger partial charge in [-0.2, -0.15) is 0 Å². The van der Waals surface area contributed by atoms with Crippen LogP contribution in [0, 0.1) is 11.8 Å². The summed E-state index contributed by atoms with van der Waals surface area (Å²) in [6.07, 6.45) is 4.55. The number of nitrogens with one attached hydrogen (secondary N) is 1. The number of carbonyl (C=O) groups excluding carboxylic acids is 4. The molecule has 8 heteroatoms. The number of carbonyl (C=O) groups is 4. The Morgan fingerprint density at radius 1 is 1.20 bits per heavy atom. The predicted octanol–water partition coefficient (Wildman–Crippen LogP) is 0.211. The van der Waals surface area contributed by atoms with E-state index in [1.807, 2.05) is 6.92 Å². The molecule has 1 aliphatic carbocycles. The van der Waals surface area contributed by atoms with Crippen LogP contribution in [0.3, 0.4) is 0 Å². The number of rotatable bonds is 3. The number of hydrogen-bond donors (Lipinski definition) is 2. The highest BCUT2D eigenvalue weighted by Gasteiger charge is 2.55.